The van der Waals surface area contributed by atoms with Gasteiger partial charge in [-0.25, -0.2) is 4.39 Å². The molecule has 0 N–H and O–H groups in total. The van der Waals surface area contributed by atoms with Crippen molar-refractivity contribution in [1.29, 1.82) is 0 Å². The fourth-order valence-corrected chi connectivity index (χ4v) is 0. The molecule has 0 amide bonds. The van der Waals surface area contributed by atoms with Crippen molar-refractivity contribution in [2.45, 2.75) is 40.8 Å². The van der Waals surface area contributed by atoms with Crippen molar-refractivity contribution in [3.05, 3.63) is 0 Å². The first kappa shape index (κ1) is 10.8. The smallest absolute Gasteiger partial charge is 0.0996 e. The molecule has 0 bridgehead atoms. The first-order valence-corrected chi connectivity index (χ1v) is 3.28. The molecule has 0 saturated carbocycles. The van der Waals surface area contributed by atoms with Gasteiger partial charge in [-0.05, 0) is 12.8 Å². The van der Waals surface area contributed by atoms with Crippen LogP contribution in [-0.2, 0) is 0 Å². The molecule has 0 rings (SSSR count). The standard InChI is InChI=1S/C5H11F.C2H6/c1-4(2)5(3)6;1-2/h4-5H,1-3H3;1-2H3. The largest absolute Gasteiger partial charge is 0.248 e. The average Bonchev–Trinajstić information content (AvgIpc) is 1.72. The Hall–Kier alpha value is -0.0700. The molecule has 0 aliphatic heterocycles. The predicted molar refractivity (Wildman–Crippen MR) is 36.8 cm³/mol. The van der Waals surface area contributed by atoms with Gasteiger partial charge in [0.15, 0.2) is 0 Å². The zero-order valence-corrected chi connectivity index (χ0v) is 6.53. The molecule has 0 nitrogen and oxygen atoms in total. The van der Waals surface area contributed by atoms with E-state index in [0.29, 0.717) is 0 Å². The van der Waals surface area contributed by atoms with E-state index in [-0.39, 0.29) is 5.92 Å². The van der Waals surface area contributed by atoms with Crippen LogP contribution in [0.25, 0.3) is 0 Å². The summed E-state index contributed by atoms with van der Waals surface area (Å²) >= 11 is 0. The van der Waals surface area contributed by atoms with Gasteiger partial charge in [-0.1, -0.05) is 27.7 Å². The SMILES string of the molecule is CC.CC(C)C(C)F. The topological polar surface area (TPSA) is 0 Å². The van der Waals surface area contributed by atoms with E-state index >= 15 is 0 Å². The minimum Gasteiger partial charge on any atom is -0.248 e. The van der Waals surface area contributed by atoms with Gasteiger partial charge >= 0.3 is 0 Å². The average molecular weight is 120 g/mol. The maximum absolute atomic E-state index is 11.8. The molecule has 1 atom stereocenters. The third-order valence-electron chi connectivity index (χ3n) is 0.919. The molecule has 1 heteroatoms. The van der Waals surface area contributed by atoms with E-state index in [9.17, 15) is 4.39 Å². The maximum atomic E-state index is 11.8. The van der Waals surface area contributed by atoms with Gasteiger partial charge in [0.1, 0.15) is 0 Å². The fourth-order valence-electron chi connectivity index (χ4n) is 0. The molecular weight excluding hydrogens is 103 g/mol. The Bertz CT molecular complexity index is 25.4. The summed E-state index contributed by atoms with van der Waals surface area (Å²) in [5, 5.41) is 0. The van der Waals surface area contributed by atoms with Crippen molar-refractivity contribution in [2.24, 2.45) is 5.92 Å². The molecule has 0 spiro atoms. The molecule has 1 unspecified atom stereocenters. The van der Waals surface area contributed by atoms with Crippen LogP contribution in [0.3, 0.4) is 0 Å². The molecular formula is C7H17F. The Morgan fingerprint density at radius 3 is 1.12 bits per heavy atom. The second-order valence-corrected chi connectivity index (χ2v) is 1.92. The third-order valence-corrected chi connectivity index (χ3v) is 0.919. The summed E-state index contributed by atoms with van der Waals surface area (Å²) < 4.78 is 11.8. The van der Waals surface area contributed by atoms with Crippen LogP contribution in [0.15, 0.2) is 0 Å². The monoisotopic (exact) mass is 120 g/mol. The van der Waals surface area contributed by atoms with Gasteiger partial charge in [0.05, 0.1) is 6.17 Å². The lowest BCUT2D eigenvalue weighted by Crippen LogP contribution is -2.01. The quantitative estimate of drug-likeness (QED) is 0.499. The molecule has 0 aromatic heterocycles. The highest BCUT2D eigenvalue weighted by molar-refractivity contribution is 4.49. The number of alkyl halides is 1. The maximum Gasteiger partial charge on any atom is 0.0996 e. The lowest BCUT2D eigenvalue weighted by Gasteiger charge is -2.01. The summed E-state index contributed by atoms with van der Waals surface area (Å²) in [6.07, 6.45) is -0.648. The highest BCUT2D eigenvalue weighted by atomic mass is 19.1. The summed E-state index contributed by atoms with van der Waals surface area (Å²) in [5.74, 6) is 0.185. The van der Waals surface area contributed by atoms with E-state index in [1.165, 1.54) is 0 Å². The second kappa shape index (κ2) is 6.93. The molecule has 52 valence electrons. The van der Waals surface area contributed by atoms with E-state index in [2.05, 4.69) is 0 Å². The first-order valence-electron chi connectivity index (χ1n) is 3.28. The van der Waals surface area contributed by atoms with Crippen LogP contribution in [0.4, 0.5) is 4.39 Å². The van der Waals surface area contributed by atoms with E-state index in [4.69, 9.17) is 0 Å². The van der Waals surface area contributed by atoms with Crippen LogP contribution < -0.4 is 0 Å². The summed E-state index contributed by atoms with van der Waals surface area (Å²) in [6.45, 7) is 9.31. The third kappa shape index (κ3) is 9.33. The molecule has 0 aromatic carbocycles. The zero-order chi connectivity index (χ0) is 7.15. The molecule has 0 heterocycles. The summed E-state index contributed by atoms with van der Waals surface area (Å²) in [5.41, 5.74) is 0. The van der Waals surface area contributed by atoms with Crippen molar-refractivity contribution < 1.29 is 4.39 Å². The van der Waals surface area contributed by atoms with E-state index in [1.807, 2.05) is 27.7 Å². The van der Waals surface area contributed by atoms with Crippen molar-refractivity contribution in [2.75, 3.05) is 0 Å². The summed E-state index contributed by atoms with van der Waals surface area (Å²) in [7, 11) is 0. The number of halogens is 1. The van der Waals surface area contributed by atoms with Crippen LogP contribution in [-0.4, -0.2) is 6.17 Å². The lowest BCUT2D eigenvalue weighted by molar-refractivity contribution is 0.280. The van der Waals surface area contributed by atoms with Crippen molar-refractivity contribution >= 4 is 0 Å². The van der Waals surface area contributed by atoms with Gasteiger partial charge in [0.25, 0.3) is 0 Å². The number of hydrogen-bond donors (Lipinski definition) is 0. The van der Waals surface area contributed by atoms with Gasteiger partial charge in [0, 0.05) is 0 Å². The molecule has 0 saturated heterocycles. The zero-order valence-electron chi connectivity index (χ0n) is 6.53. The van der Waals surface area contributed by atoms with Gasteiger partial charge in [-0.15, -0.1) is 0 Å². The Balaban J connectivity index is 0. The van der Waals surface area contributed by atoms with Gasteiger partial charge in [-0.3, -0.25) is 0 Å². The Labute approximate surface area is 52.1 Å². The van der Waals surface area contributed by atoms with Gasteiger partial charge < -0.3 is 0 Å². The molecule has 0 aromatic rings. The van der Waals surface area contributed by atoms with E-state index in [1.54, 1.807) is 6.92 Å². The van der Waals surface area contributed by atoms with E-state index < -0.39 is 6.17 Å². The highest BCUT2D eigenvalue weighted by Gasteiger charge is 2.00. The predicted octanol–water partition coefficient (Wildman–Crippen LogP) is 3.03. The minimum atomic E-state index is -0.648. The van der Waals surface area contributed by atoms with Crippen LogP contribution in [0.1, 0.15) is 34.6 Å². The number of rotatable bonds is 1. The van der Waals surface area contributed by atoms with Crippen LogP contribution in [0.5, 0.6) is 0 Å². The molecule has 0 aliphatic rings. The van der Waals surface area contributed by atoms with Crippen molar-refractivity contribution in [3.63, 3.8) is 0 Å². The molecule has 8 heavy (non-hydrogen) atoms. The normalized spacial score (nSPS) is 12.4. The first-order chi connectivity index (χ1) is 3.64. The van der Waals surface area contributed by atoms with Crippen molar-refractivity contribution in [3.8, 4) is 0 Å². The van der Waals surface area contributed by atoms with E-state index in [0.717, 1.165) is 0 Å². The Kier molecular flexibility index (Phi) is 9.38. The van der Waals surface area contributed by atoms with Crippen LogP contribution in [0, 0.1) is 5.92 Å². The minimum absolute atomic E-state index is 0.185. The Morgan fingerprint density at radius 2 is 1.12 bits per heavy atom. The number of hydrogen-bond acceptors (Lipinski definition) is 0. The fraction of sp³-hybridized carbons (Fsp3) is 1.00. The van der Waals surface area contributed by atoms with Crippen molar-refractivity contribution in [1.82, 2.24) is 0 Å². The van der Waals surface area contributed by atoms with Gasteiger partial charge in [0.2, 0.25) is 0 Å². The molecule has 0 fully saturated rings. The second-order valence-electron chi connectivity index (χ2n) is 1.92. The molecule has 0 aliphatic carbocycles. The van der Waals surface area contributed by atoms with Gasteiger partial charge in [-0.2, -0.15) is 0 Å². The highest BCUT2D eigenvalue weighted by Crippen LogP contribution is 2.02. The summed E-state index contributed by atoms with van der Waals surface area (Å²) in [6, 6.07) is 0. The Morgan fingerprint density at radius 1 is 1.00 bits per heavy atom. The van der Waals surface area contributed by atoms with Crippen LogP contribution in [0.2, 0.25) is 0 Å². The lowest BCUT2D eigenvalue weighted by atomic mass is 10.1. The molecule has 0 radical (unpaired) electrons. The van der Waals surface area contributed by atoms with Crippen LogP contribution >= 0.6 is 0 Å². The summed E-state index contributed by atoms with van der Waals surface area (Å²) in [4.78, 5) is 0.